The zero-order chi connectivity index (χ0) is 24.5. The number of nitrogens with one attached hydrogen (secondary N) is 2. The van der Waals surface area contributed by atoms with Crippen molar-refractivity contribution in [2.75, 3.05) is 24.4 Å². The van der Waals surface area contributed by atoms with E-state index in [-0.39, 0.29) is 18.1 Å². The number of methoxy groups -OCH3 is 1. The Morgan fingerprint density at radius 3 is 2.50 bits per heavy atom. The van der Waals surface area contributed by atoms with E-state index in [1.165, 1.54) is 6.08 Å². The monoisotopic (exact) mass is 539 g/mol. The number of nitrogens with zero attached hydrogens (tertiary/aromatic N) is 1. The molecule has 0 aliphatic carbocycles. The number of hydrogen-bond acceptors (Lipinski definition) is 5. The number of rotatable bonds is 8. The fraction of sp³-hybridized carbons (Fsp3) is 0.0800. The molecule has 7 nitrogen and oxygen atoms in total. The van der Waals surface area contributed by atoms with Crippen LogP contribution >= 0.6 is 27.5 Å². The Balaban J connectivity index is 1.72. The number of halogens is 2. The van der Waals surface area contributed by atoms with Gasteiger partial charge >= 0.3 is 0 Å². The summed E-state index contributed by atoms with van der Waals surface area (Å²) >= 11 is 9.31. The fourth-order valence-electron chi connectivity index (χ4n) is 2.85. The van der Waals surface area contributed by atoms with Crippen molar-refractivity contribution in [2.24, 2.45) is 0 Å². The predicted molar refractivity (Wildman–Crippen MR) is 135 cm³/mol. The number of carbonyl (C=O) groups excluding carboxylic acids is 2. The maximum atomic E-state index is 12.6. The molecule has 34 heavy (non-hydrogen) atoms. The highest BCUT2D eigenvalue weighted by molar-refractivity contribution is 9.10. The van der Waals surface area contributed by atoms with Gasteiger partial charge in [-0.3, -0.25) is 9.59 Å². The quantitative estimate of drug-likeness (QED) is 0.283. The molecule has 172 valence electrons. The second-order valence-corrected chi connectivity index (χ2v) is 8.23. The molecule has 0 unspecified atom stereocenters. The van der Waals surface area contributed by atoms with E-state index < -0.39 is 5.91 Å². The minimum Gasteiger partial charge on any atom is -0.497 e. The number of hydrogen-bond donors (Lipinski definition) is 2. The Kier molecular flexibility index (Phi) is 8.68. The molecule has 0 aliphatic rings. The van der Waals surface area contributed by atoms with Crippen LogP contribution in [0.3, 0.4) is 0 Å². The van der Waals surface area contributed by atoms with Gasteiger partial charge in [-0.1, -0.05) is 33.6 Å². The molecule has 0 heterocycles. The second kappa shape index (κ2) is 11.9. The van der Waals surface area contributed by atoms with Gasteiger partial charge < -0.3 is 20.1 Å². The predicted octanol–water partition coefficient (Wildman–Crippen LogP) is 5.67. The van der Waals surface area contributed by atoms with Crippen molar-refractivity contribution in [1.29, 1.82) is 5.26 Å². The molecule has 0 bridgehead atoms. The lowest BCUT2D eigenvalue weighted by Gasteiger charge is -2.11. The molecule has 0 saturated heterocycles. The van der Waals surface area contributed by atoms with E-state index in [9.17, 15) is 14.9 Å². The highest BCUT2D eigenvalue weighted by Gasteiger charge is 2.13. The summed E-state index contributed by atoms with van der Waals surface area (Å²) in [4.78, 5) is 24.9. The Labute approximate surface area is 210 Å². The zero-order valence-corrected chi connectivity index (χ0v) is 20.3. The molecule has 0 aromatic heterocycles. The highest BCUT2D eigenvalue weighted by atomic mass is 79.9. The van der Waals surface area contributed by atoms with Gasteiger partial charge in [-0.05, 0) is 66.7 Å². The number of carbonyl (C=O) groups is 2. The molecule has 0 spiro atoms. The van der Waals surface area contributed by atoms with Gasteiger partial charge in [0.15, 0.2) is 6.61 Å². The van der Waals surface area contributed by atoms with Gasteiger partial charge in [-0.15, -0.1) is 0 Å². The summed E-state index contributed by atoms with van der Waals surface area (Å²) in [6.07, 6.45) is 1.39. The largest absolute Gasteiger partial charge is 0.497 e. The van der Waals surface area contributed by atoms with Crippen molar-refractivity contribution in [1.82, 2.24) is 0 Å². The molecule has 0 fully saturated rings. The SMILES string of the molecule is COc1ccc(NC(=O)COc2ccc(Br)cc2/C=C(/C#N)C(=O)Nc2cccc(Cl)c2)cc1. The first-order valence-corrected chi connectivity index (χ1v) is 11.1. The molecule has 3 rings (SSSR count). The topological polar surface area (TPSA) is 100 Å². The van der Waals surface area contributed by atoms with Gasteiger partial charge in [-0.2, -0.15) is 5.26 Å². The molecule has 3 aromatic rings. The third-order valence-corrected chi connectivity index (χ3v) is 5.18. The lowest BCUT2D eigenvalue weighted by Crippen LogP contribution is -2.20. The van der Waals surface area contributed by atoms with Gasteiger partial charge in [0.05, 0.1) is 7.11 Å². The Morgan fingerprint density at radius 2 is 1.82 bits per heavy atom. The van der Waals surface area contributed by atoms with E-state index >= 15 is 0 Å². The molecular formula is C25H19BrClN3O4. The van der Waals surface area contributed by atoms with E-state index in [2.05, 4.69) is 26.6 Å². The normalized spacial score (nSPS) is 10.7. The van der Waals surface area contributed by atoms with Crippen LogP contribution in [0.1, 0.15) is 5.56 Å². The number of anilines is 2. The molecule has 0 atom stereocenters. The van der Waals surface area contributed by atoms with Crippen molar-refractivity contribution in [3.63, 3.8) is 0 Å². The van der Waals surface area contributed by atoms with E-state index in [0.29, 0.717) is 37.9 Å². The van der Waals surface area contributed by atoms with Gasteiger partial charge in [0.25, 0.3) is 11.8 Å². The minimum atomic E-state index is -0.604. The number of amides is 2. The van der Waals surface area contributed by atoms with Crippen molar-refractivity contribution >= 4 is 56.8 Å². The third kappa shape index (κ3) is 7.10. The number of benzene rings is 3. The lowest BCUT2D eigenvalue weighted by molar-refractivity contribution is -0.118. The standard InChI is InChI=1S/C25H19BrClN3O4/c1-33-22-8-6-20(7-9-22)29-24(31)15-34-23-10-5-18(26)12-16(23)11-17(14-28)25(32)30-21-4-2-3-19(27)13-21/h2-13H,15H2,1H3,(H,29,31)(H,30,32)/b17-11-. The third-order valence-electron chi connectivity index (χ3n) is 4.45. The van der Waals surface area contributed by atoms with E-state index in [1.807, 2.05) is 6.07 Å². The molecule has 0 radical (unpaired) electrons. The van der Waals surface area contributed by atoms with E-state index in [4.69, 9.17) is 21.1 Å². The number of nitriles is 1. The number of ether oxygens (including phenoxy) is 2. The molecule has 0 aliphatic heterocycles. The summed E-state index contributed by atoms with van der Waals surface area (Å²) in [6, 6.07) is 20.4. The van der Waals surface area contributed by atoms with E-state index in [0.717, 1.165) is 0 Å². The first kappa shape index (κ1) is 24.8. The first-order valence-electron chi connectivity index (χ1n) is 9.93. The summed E-state index contributed by atoms with van der Waals surface area (Å²) in [5.74, 6) is 0.0276. The average molecular weight is 541 g/mol. The van der Waals surface area contributed by atoms with Gasteiger partial charge in [0, 0.05) is 26.4 Å². The lowest BCUT2D eigenvalue weighted by atomic mass is 10.1. The van der Waals surface area contributed by atoms with Gasteiger partial charge in [-0.25, -0.2) is 0 Å². The highest BCUT2D eigenvalue weighted by Crippen LogP contribution is 2.26. The Bertz CT molecular complexity index is 1270. The Morgan fingerprint density at radius 1 is 1.06 bits per heavy atom. The molecule has 3 aromatic carbocycles. The average Bonchev–Trinajstić information content (AvgIpc) is 2.82. The summed E-state index contributed by atoms with van der Waals surface area (Å²) in [5.41, 5.74) is 1.35. The van der Waals surface area contributed by atoms with Crippen molar-refractivity contribution < 1.29 is 19.1 Å². The van der Waals surface area contributed by atoms with Crippen LogP contribution in [0.5, 0.6) is 11.5 Å². The van der Waals surface area contributed by atoms with Gasteiger partial charge in [0.1, 0.15) is 23.1 Å². The smallest absolute Gasteiger partial charge is 0.266 e. The zero-order valence-electron chi connectivity index (χ0n) is 18.0. The fourth-order valence-corrected chi connectivity index (χ4v) is 3.42. The summed E-state index contributed by atoms with van der Waals surface area (Å²) < 4.78 is 11.5. The molecular weight excluding hydrogens is 522 g/mol. The maximum Gasteiger partial charge on any atom is 0.266 e. The van der Waals surface area contributed by atoms with Gasteiger partial charge in [0.2, 0.25) is 0 Å². The second-order valence-electron chi connectivity index (χ2n) is 6.88. The minimum absolute atomic E-state index is 0.148. The van der Waals surface area contributed by atoms with Crippen molar-refractivity contribution in [3.05, 3.63) is 87.4 Å². The molecule has 0 saturated carbocycles. The Hall–Kier alpha value is -3.80. The van der Waals surface area contributed by atoms with Crippen molar-refractivity contribution in [3.8, 4) is 17.6 Å². The van der Waals surface area contributed by atoms with Crippen LogP contribution in [0.4, 0.5) is 11.4 Å². The van der Waals surface area contributed by atoms with Crippen LogP contribution in [0.2, 0.25) is 5.02 Å². The molecule has 2 amide bonds. The van der Waals surface area contributed by atoms with Crippen LogP contribution in [-0.4, -0.2) is 25.5 Å². The summed E-state index contributed by atoms with van der Waals surface area (Å²) in [5, 5.41) is 15.4. The van der Waals surface area contributed by atoms with Crippen LogP contribution in [0.15, 0.2) is 76.8 Å². The first-order chi connectivity index (χ1) is 16.4. The van der Waals surface area contributed by atoms with Crippen LogP contribution < -0.4 is 20.1 Å². The summed E-state index contributed by atoms with van der Waals surface area (Å²) in [7, 11) is 1.56. The molecule has 9 heteroatoms. The summed E-state index contributed by atoms with van der Waals surface area (Å²) in [6.45, 7) is -0.273. The van der Waals surface area contributed by atoms with Crippen LogP contribution in [-0.2, 0) is 9.59 Å². The van der Waals surface area contributed by atoms with Crippen LogP contribution in [0, 0.1) is 11.3 Å². The van der Waals surface area contributed by atoms with Crippen molar-refractivity contribution in [2.45, 2.75) is 0 Å². The van der Waals surface area contributed by atoms with E-state index in [1.54, 1.807) is 73.8 Å². The maximum absolute atomic E-state index is 12.6. The van der Waals surface area contributed by atoms with Crippen LogP contribution in [0.25, 0.3) is 6.08 Å². The molecule has 2 N–H and O–H groups in total.